The third-order valence-corrected chi connectivity index (χ3v) is 14.0. The molecule has 0 aromatic heterocycles. The van der Waals surface area contributed by atoms with Gasteiger partial charge in [0.05, 0.1) is 0 Å². The molecule has 210 valence electrons. The van der Waals surface area contributed by atoms with E-state index in [0.29, 0.717) is 26.4 Å². The van der Waals surface area contributed by atoms with Crippen molar-refractivity contribution < 1.29 is 27.9 Å². The van der Waals surface area contributed by atoms with Gasteiger partial charge in [0.1, 0.15) is 3.53 Å². The lowest BCUT2D eigenvalue weighted by molar-refractivity contribution is 0.0871. The minimum absolute atomic E-state index is 0.0890. The fraction of sp³-hybridized carbons (Fsp3) is 0.957. The molecule has 0 heterocycles. The molecular weight excluding hydrogens is 557 g/mol. The van der Waals surface area contributed by atoms with Gasteiger partial charge in [0, 0.05) is 57.4 Å². The van der Waals surface area contributed by atoms with E-state index in [1.807, 2.05) is 13.8 Å². The van der Waals surface area contributed by atoms with Crippen LogP contribution in [0.2, 0.25) is 25.2 Å². The first-order valence-electron chi connectivity index (χ1n) is 12.7. The molecule has 35 heavy (non-hydrogen) atoms. The fourth-order valence-corrected chi connectivity index (χ4v) is 10.8. The highest BCUT2D eigenvalue weighted by Gasteiger charge is 2.34. The highest BCUT2D eigenvalue weighted by atomic mass is 32.2. The van der Waals surface area contributed by atoms with Crippen LogP contribution in [0.3, 0.4) is 0 Å². The smallest absolute Gasteiger partial charge is 0.334 e. The van der Waals surface area contributed by atoms with E-state index in [-0.39, 0.29) is 31.0 Å². The average molecular weight is 607 g/mol. The maximum Gasteiger partial charge on any atom is 0.334 e. The predicted molar refractivity (Wildman–Crippen MR) is 165 cm³/mol. The number of aliphatic hydroxyl groups is 2. The summed E-state index contributed by atoms with van der Waals surface area (Å²) in [7, 11) is -4.75. The Morgan fingerprint density at radius 2 is 1.23 bits per heavy atom. The van der Waals surface area contributed by atoms with Gasteiger partial charge >= 0.3 is 17.1 Å². The van der Waals surface area contributed by atoms with Crippen molar-refractivity contribution in [3.63, 3.8) is 0 Å². The Balaban J connectivity index is 4.82. The van der Waals surface area contributed by atoms with Gasteiger partial charge in [0.2, 0.25) is 0 Å². The minimum Gasteiger partial charge on any atom is -0.396 e. The molecule has 12 heteroatoms. The third-order valence-electron chi connectivity index (χ3n) is 5.36. The SMILES string of the molecule is CCSC(=S)SCCC[Si](C)(OCC(C)CO)OCC(C)CO[Si](C)(CCCS)OCC(C)CO. The summed E-state index contributed by atoms with van der Waals surface area (Å²) in [6.07, 6.45) is 1.94. The van der Waals surface area contributed by atoms with Crippen molar-refractivity contribution in [2.45, 2.75) is 65.7 Å². The lowest BCUT2D eigenvalue weighted by atomic mass is 10.2. The van der Waals surface area contributed by atoms with Crippen LogP contribution in [-0.4, -0.2) is 87.8 Å². The summed E-state index contributed by atoms with van der Waals surface area (Å²) in [6.45, 7) is 14.8. The second-order valence-electron chi connectivity index (χ2n) is 9.65. The summed E-state index contributed by atoms with van der Waals surface area (Å²) in [5.74, 6) is 3.16. The molecule has 5 atom stereocenters. The minimum atomic E-state index is -2.40. The summed E-state index contributed by atoms with van der Waals surface area (Å²) >= 11 is 13.2. The topological polar surface area (TPSA) is 77.4 Å². The summed E-state index contributed by atoms with van der Waals surface area (Å²) in [5.41, 5.74) is 0. The number of rotatable bonds is 22. The quantitative estimate of drug-likeness (QED) is 0.0634. The fourth-order valence-electron chi connectivity index (χ4n) is 2.91. The third kappa shape index (κ3) is 19.1. The molecular formula is C23H50O6S4Si2. The zero-order chi connectivity index (χ0) is 26.7. The van der Waals surface area contributed by atoms with E-state index in [1.54, 1.807) is 23.5 Å². The molecule has 0 saturated heterocycles. The van der Waals surface area contributed by atoms with Crippen LogP contribution >= 0.6 is 48.4 Å². The van der Waals surface area contributed by atoms with Gasteiger partial charge in [-0.3, -0.25) is 0 Å². The Hall–Kier alpha value is 1.33. The van der Waals surface area contributed by atoms with E-state index in [4.69, 9.17) is 29.9 Å². The van der Waals surface area contributed by atoms with Gasteiger partial charge in [-0.1, -0.05) is 39.9 Å². The highest BCUT2D eigenvalue weighted by Crippen LogP contribution is 2.24. The highest BCUT2D eigenvalue weighted by molar-refractivity contribution is 8.47. The molecule has 0 aromatic rings. The Kier molecular flexibility index (Phi) is 22.0. The molecule has 6 nitrogen and oxygen atoms in total. The van der Waals surface area contributed by atoms with Gasteiger partial charge in [0.15, 0.2) is 0 Å². The summed E-state index contributed by atoms with van der Waals surface area (Å²) < 4.78 is 26.3. The Morgan fingerprint density at radius 1 is 0.800 bits per heavy atom. The van der Waals surface area contributed by atoms with Crippen molar-refractivity contribution in [2.24, 2.45) is 17.8 Å². The van der Waals surface area contributed by atoms with Crippen LogP contribution in [0.4, 0.5) is 0 Å². The first kappa shape index (κ1) is 36.3. The van der Waals surface area contributed by atoms with Crippen molar-refractivity contribution in [1.29, 1.82) is 0 Å². The first-order valence-corrected chi connectivity index (χ1v) is 20.8. The summed E-state index contributed by atoms with van der Waals surface area (Å²) in [6, 6.07) is 1.77. The van der Waals surface area contributed by atoms with Crippen LogP contribution < -0.4 is 0 Å². The van der Waals surface area contributed by atoms with Gasteiger partial charge in [-0.25, -0.2) is 0 Å². The van der Waals surface area contributed by atoms with E-state index in [0.717, 1.165) is 45.7 Å². The van der Waals surface area contributed by atoms with Crippen LogP contribution in [0.5, 0.6) is 0 Å². The van der Waals surface area contributed by atoms with E-state index in [9.17, 15) is 10.2 Å². The van der Waals surface area contributed by atoms with E-state index < -0.39 is 17.1 Å². The number of thioether (sulfide) groups is 2. The number of thiol groups is 1. The van der Waals surface area contributed by atoms with Crippen molar-refractivity contribution in [2.75, 3.05) is 56.9 Å². The van der Waals surface area contributed by atoms with Crippen LogP contribution in [0, 0.1) is 17.8 Å². The molecule has 5 unspecified atom stereocenters. The van der Waals surface area contributed by atoms with Crippen LogP contribution in [0.1, 0.15) is 40.5 Å². The largest absolute Gasteiger partial charge is 0.396 e. The molecule has 0 fully saturated rings. The zero-order valence-corrected chi connectivity index (χ0v) is 28.0. The predicted octanol–water partition coefficient (Wildman–Crippen LogP) is 5.57. The van der Waals surface area contributed by atoms with Gasteiger partial charge in [-0.15, -0.1) is 23.5 Å². The van der Waals surface area contributed by atoms with Crippen molar-refractivity contribution in [1.82, 2.24) is 0 Å². The normalized spacial score (nSPS) is 18.0. The average Bonchev–Trinajstić information content (AvgIpc) is 2.85. The standard InChI is InChI=1S/C23H50O6S4Si2/c1-7-32-23(31)33-11-9-13-35(6,27-17-21(3)15-25)29-19-22(4)18-28-34(5,12-8-10-30)26-16-20(2)14-24/h20-22,24-25,30H,7-19H2,1-6H3. The maximum absolute atomic E-state index is 9.41. The van der Waals surface area contributed by atoms with Crippen LogP contribution in [0.25, 0.3) is 0 Å². The van der Waals surface area contributed by atoms with Gasteiger partial charge < -0.3 is 27.9 Å². The number of thiocarbonyl (C=S) groups is 1. The van der Waals surface area contributed by atoms with Crippen LogP contribution in [-0.2, 0) is 17.7 Å². The number of hydrogen-bond donors (Lipinski definition) is 3. The molecule has 0 bridgehead atoms. The monoisotopic (exact) mass is 606 g/mol. The zero-order valence-electron chi connectivity index (χ0n) is 22.6. The molecule has 0 spiro atoms. The molecule has 0 radical (unpaired) electrons. The molecule has 0 saturated carbocycles. The lowest BCUT2D eigenvalue weighted by Crippen LogP contribution is -2.43. The maximum atomic E-state index is 9.41. The number of aliphatic hydroxyl groups excluding tert-OH is 2. The number of hydrogen-bond acceptors (Lipinski definition) is 10. The molecule has 0 aliphatic carbocycles. The van der Waals surface area contributed by atoms with Crippen molar-refractivity contribution in [3.8, 4) is 0 Å². The lowest BCUT2D eigenvalue weighted by Gasteiger charge is -2.32. The van der Waals surface area contributed by atoms with Crippen molar-refractivity contribution in [3.05, 3.63) is 0 Å². The Labute approximate surface area is 236 Å². The van der Waals surface area contributed by atoms with E-state index in [1.165, 1.54) is 0 Å². The molecule has 0 rings (SSSR count). The Morgan fingerprint density at radius 3 is 1.63 bits per heavy atom. The summed E-state index contributed by atoms with van der Waals surface area (Å²) in [5, 5.41) is 18.7. The second kappa shape index (κ2) is 21.2. The van der Waals surface area contributed by atoms with Gasteiger partial charge in [-0.2, -0.15) is 12.6 Å². The van der Waals surface area contributed by atoms with Crippen molar-refractivity contribution >= 4 is 69.0 Å². The summed E-state index contributed by atoms with van der Waals surface area (Å²) in [4.78, 5) is 0. The van der Waals surface area contributed by atoms with E-state index in [2.05, 4.69) is 39.6 Å². The van der Waals surface area contributed by atoms with Gasteiger partial charge in [-0.05, 0) is 55.3 Å². The van der Waals surface area contributed by atoms with E-state index >= 15 is 0 Å². The molecule has 0 aliphatic rings. The van der Waals surface area contributed by atoms with Gasteiger partial charge in [0.25, 0.3) is 0 Å². The molecule has 0 amide bonds. The molecule has 0 aliphatic heterocycles. The molecule has 0 aromatic carbocycles. The van der Waals surface area contributed by atoms with Crippen LogP contribution in [0.15, 0.2) is 0 Å². The Bertz CT molecular complexity index is 554. The molecule has 2 N–H and O–H groups in total. The first-order chi connectivity index (χ1) is 16.5. The second-order valence-corrected chi connectivity index (χ2v) is 20.4.